The molecular weight excluding hydrogens is 252 g/mol. The summed E-state index contributed by atoms with van der Waals surface area (Å²) in [7, 11) is 0. The van der Waals surface area contributed by atoms with E-state index in [1.165, 1.54) is 19.3 Å². The van der Waals surface area contributed by atoms with Crippen molar-refractivity contribution in [3.05, 3.63) is 0 Å². The highest BCUT2D eigenvalue weighted by Gasteiger charge is 2.55. The lowest BCUT2D eigenvalue weighted by molar-refractivity contribution is -0.278. The number of hydrogen-bond donors (Lipinski definition) is 0. The number of unbranched alkanes of at least 4 members (excludes halogenated alkanes) is 3. The van der Waals surface area contributed by atoms with Crippen LogP contribution in [0.4, 0.5) is 0 Å². The SMILES string of the molecule is CCCCCCC(=O)O[C@@H]1CC2CC[C@@]1(C)OC2(C)C. The van der Waals surface area contributed by atoms with Crippen LogP contribution in [0.15, 0.2) is 0 Å². The van der Waals surface area contributed by atoms with E-state index in [1.54, 1.807) is 0 Å². The summed E-state index contributed by atoms with van der Waals surface area (Å²) in [5.74, 6) is 0.475. The molecule has 1 aliphatic carbocycles. The molecule has 3 fully saturated rings. The van der Waals surface area contributed by atoms with Crippen LogP contribution in [0.25, 0.3) is 0 Å². The van der Waals surface area contributed by atoms with Gasteiger partial charge in [0, 0.05) is 6.42 Å². The number of rotatable bonds is 6. The van der Waals surface area contributed by atoms with Crippen LogP contribution in [0.3, 0.4) is 0 Å². The standard InChI is InChI=1S/C17H30O3/c1-5-6-7-8-9-15(18)19-14-12-13-10-11-17(14,4)20-16(13,2)3/h13-14H,5-12H2,1-4H3/t13?,14-,17-/m1/s1. The predicted molar refractivity (Wildman–Crippen MR) is 79.5 cm³/mol. The number of ether oxygens (including phenoxy) is 2. The molecule has 0 aromatic carbocycles. The molecule has 1 unspecified atom stereocenters. The van der Waals surface area contributed by atoms with Crippen LogP contribution in [-0.2, 0) is 14.3 Å². The largest absolute Gasteiger partial charge is 0.459 e. The summed E-state index contributed by atoms with van der Waals surface area (Å²) in [6, 6.07) is 0. The van der Waals surface area contributed by atoms with Crippen molar-refractivity contribution >= 4 is 5.97 Å². The second-order valence-corrected chi connectivity index (χ2v) is 7.28. The van der Waals surface area contributed by atoms with Crippen molar-refractivity contribution in [2.24, 2.45) is 5.92 Å². The molecule has 3 rings (SSSR count). The van der Waals surface area contributed by atoms with Gasteiger partial charge in [0.2, 0.25) is 0 Å². The monoisotopic (exact) mass is 282 g/mol. The van der Waals surface area contributed by atoms with Gasteiger partial charge >= 0.3 is 5.97 Å². The second kappa shape index (κ2) is 6.05. The molecule has 0 spiro atoms. The Bertz CT molecular complexity index is 350. The van der Waals surface area contributed by atoms with E-state index >= 15 is 0 Å². The summed E-state index contributed by atoms with van der Waals surface area (Å²) < 4.78 is 12.0. The van der Waals surface area contributed by atoms with Crippen molar-refractivity contribution in [3.8, 4) is 0 Å². The molecule has 0 radical (unpaired) electrons. The third-order valence-electron chi connectivity index (χ3n) is 5.16. The Morgan fingerprint density at radius 1 is 1.25 bits per heavy atom. The van der Waals surface area contributed by atoms with Gasteiger partial charge in [0.1, 0.15) is 11.7 Å². The smallest absolute Gasteiger partial charge is 0.306 e. The fourth-order valence-electron chi connectivity index (χ4n) is 3.77. The molecule has 2 aliphatic heterocycles. The lowest BCUT2D eigenvalue weighted by Gasteiger charge is -2.57. The van der Waals surface area contributed by atoms with E-state index < -0.39 is 0 Å². The maximum atomic E-state index is 12.0. The summed E-state index contributed by atoms with van der Waals surface area (Å²) in [5.41, 5.74) is -0.353. The first-order chi connectivity index (χ1) is 9.37. The third-order valence-corrected chi connectivity index (χ3v) is 5.16. The fourth-order valence-corrected chi connectivity index (χ4v) is 3.77. The van der Waals surface area contributed by atoms with Crippen LogP contribution < -0.4 is 0 Å². The first-order valence-corrected chi connectivity index (χ1v) is 8.27. The average Bonchev–Trinajstić information content (AvgIpc) is 2.35. The van der Waals surface area contributed by atoms with Crippen molar-refractivity contribution in [3.63, 3.8) is 0 Å². The molecule has 3 aliphatic rings. The first kappa shape index (κ1) is 15.8. The second-order valence-electron chi connectivity index (χ2n) is 7.28. The molecule has 3 nitrogen and oxygen atoms in total. The number of carbonyl (C=O) groups is 1. The molecule has 2 bridgehead atoms. The van der Waals surface area contributed by atoms with Gasteiger partial charge in [-0.3, -0.25) is 4.79 Å². The molecule has 2 saturated heterocycles. The zero-order chi connectivity index (χ0) is 14.8. The Hall–Kier alpha value is -0.570. The van der Waals surface area contributed by atoms with E-state index in [0.29, 0.717) is 12.3 Å². The van der Waals surface area contributed by atoms with Gasteiger partial charge < -0.3 is 9.47 Å². The Morgan fingerprint density at radius 3 is 2.60 bits per heavy atom. The quantitative estimate of drug-likeness (QED) is 0.540. The van der Waals surface area contributed by atoms with Crippen molar-refractivity contribution in [2.45, 2.75) is 96.4 Å². The molecule has 20 heavy (non-hydrogen) atoms. The molecule has 0 aromatic rings. The van der Waals surface area contributed by atoms with Crippen LogP contribution in [0.2, 0.25) is 0 Å². The van der Waals surface area contributed by atoms with Gasteiger partial charge in [-0.2, -0.15) is 0 Å². The van der Waals surface area contributed by atoms with Gasteiger partial charge in [-0.15, -0.1) is 0 Å². The van der Waals surface area contributed by atoms with Gasteiger partial charge in [0.15, 0.2) is 0 Å². The molecule has 0 amide bonds. The van der Waals surface area contributed by atoms with Gasteiger partial charge in [0.25, 0.3) is 0 Å². The van der Waals surface area contributed by atoms with Crippen molar-refractivity contribution in [1.82, 2.24) is 0 Å². The van der Waals surface area contributed by atoms with E-state index in [1.807, 2.05) is 0 Å². The molecule has 0 aromatic heterocycles. The van der Waals surface area contributed by atoms with Gasteiger partial charge in [-0.25, -0.2) is 0 Å². The number of hydrogen-bond acceptors (Lipinski definition) is 3. The Kier molecular flexibility index (Phi) is 4.78. The predicted octanol–water partition coefficient (Wildman–Crippen LogP) is 4.24. The maximum Gasteiger partial charge on any atom is 0.306 e. The van der Waals surface area contributed by atoms with Gasteiger partial charge in [-0.1, -0.05) is 26.2 Å². The Morgan fingerprint density at radius 2 is 2.00 bits per heavy atom. The van der Waals surface area contributed by atoms with Crippen LogP contribution in [0, 0.1) is 5.92 Å². The average molecular weight is 282 g/mol. The highest BCUT2D eigenvalue weighted by molar-refractivity contribution is 5.69. The lowest BCUT2D eigenvalue weighted by atomic mass is 9.67. The Labute approximate surface area is 123 Å². The molecular formula is C17H30O3. The normalized spacial score (nSPS) is 35.0. The minimum atomic E-state index is -0.280. The zero-order valence-corrected chi connectivity index (χ0v) is 13.5. The fraction of sp³-hybridized carbons (Fsp3) is 0.941. The summed E-state index contributed by atoms with van der Waals surface area (Å²) in [6.45, 7) is 8.62. The van der Waals surface area contributed by atoms with Crippen molar-refractivity contribution in [1.29, 1.82) is 0 Å². The van der Waals surface area contributed by atoms with E-state index in [4.69, 9.17) is 9.47 Å². The number of carbonyl (C=O) groups excluding carboxylic acids is 1. The molecule has 3 atom stereocenters. The zero-order valence-electron chi connectivity index (χ0n) is 13.5. The summed E-state index contributed by atoms with van der Waals surface area (Å²) >= 11 is 0. The van der Waals surface area contributed by atoms with Crippen LogP contribution in [0.1, 0.15) is 79.1 Å². The molecule has 116 valence electrons. The molecule has 2 heterocycles. The van der Waals surface area contributed by atoms with E-state index in [0.717, 1.165) is 25.7 Å². The minimum Gasteiger partial charge on any atom is -0.459 e. The maximum absolute atomic E-state index is 12.0. The van der Waals surface area contributed by atoms with Crippen LogP contribution in [-0.4, -0.2) is 23.3 Å². The van der Waals surface area contributed by atoms with Crippen molar-refractivity contribution < 1.29 is 14.3 Å². The Balaban J connectivity index is 1.84. The van der Waals surface area contributed by atoms with E-state index in [-0.39, 0.29) is 23.3 Å². The minimum absolute atomic E-state index is 0.0405. The summed E-state index contributed by atoms with van der Waals surface area (Å²) in [5, 5.41) is 0. The summed E-state index contributed by atoms with van der Waals surface area (Å²) in [4.78, 5) is 12.0. The summed E-state index contributed by atoms with van der Waals surface area (Å²) in [6.07, 6.45) is 8.14. The molecule has 3 heteroatoms. The number of fused-ring (bicyclic) bond motifs is 3. The van der Waals surface area contributed by atoms with E-state index in [9.17, 15) is 4.79 Å². The third kappa shape index (κ3) is 3.36. The lowest BCUT2D eigenvalue weighted by Crippen LogP contribution is -2.62. The topological polar surface area (TPSA) is 35.5 Å². The van der Waals surface area contributed by atoms with Crippen LogP contribution >= 0.6 is 0 Å². The first-order valence-electron chi connectivity index (χ1n) is 8.27. The van der Waals surface area contributed by atoms with Gasteiger partial charge in [0.05, 0.1) is 5.60 Å². The highest BCUT2D eigenvalue weighted by Crippen LogP contribution is 2.50. The van der Waals surface area contributed by atoms with Crippen molar-refractivity contribution in [2.75, 3.05) is 0 Å². The highest BCUT2D eigenvalue weighted by atomic mass is 16.6. The molecule has 1 saturated carbocycles. The number of esters is 1. The molecule has 0 N–H and O–H groups in total. The van der Waals surface area contributed by atoms with E-state index in [2.05, 4.69) is 27.7 Å². The van der Waals surface area contributed by atoms with Gasteiger partial charge in [-0.05, 0) is 52.4 Å². The van der Waals surface area contributed by atoms with Crippen LogP contribution in [0.5, 0.6) is 0 Å².